The van der Waals surface area contributed by atoms with Crippen LogP contribution in [0.25, 0.3) is 0 Å². The molecular weight excluding hydrogens is 402 g/mol. The lowest BCUT2D eigenvalue weighted by atomic mass is 10.0. The summed E-state index contributed by atoms with van der Waals surface area (Å²) >= 11 is 0. The van der Waals surface area contributed by atoms with Crippen LogP contribution in [-0.2, 0) is 4.79 Å². The highest BCUT2D eigenvalue weighted by molar-refractivity contribution is 5.85. The lowest BCUT2D eigenvalue weighted by Crippen LogP contribution is -2.48. The van der Waals surface area contributed by atoms with Crippen molar-refractivity contribution in [2.24, 2.45) is 0 Å². The Hall–Kier alpha value is -2.38. The molecule has 0 bridgehead atoms. The molecule has 0 aromatic heterocycles. The molecule has 1 saturated heterocycles. The number of hydrogen-bond donors (Lipinski definition) is 1. The number of nitrogens with zero attached hydrogens (tertiary/aromatic N) is 1. The summed E-state index contributed by atoms with van der Waals surface area (Å²) < 4.78 is 37.3. The maximum Gasteiger partial charge on any atom is 0.223 e. The van der Waals surface area contributed by atoms with Crippen molar-refractivity contribution in [2.75, 3.05) is 33.4 Å². The van der Waals surface area contributed by atoms with Crippen molar-refractivity contribution in [1.82, 2.24) is 10.2 Å². The molecule has 1 heterocycles. The fraction of sp³-hybridized carbons (Fsp3) is 0.381. The number of ether oxygens (including phenoxy) is 2. The summed E-state index contributed by atoms with van der Waals surface area (Å²) in [6, 6.07) is 10.8. The summed E-state index contributed by atoms with van der Waals surface area (Å²) in [5.41, 5.74) is 0.968. The predicted molar refractivity (Wildman–Crippen MR) is 109 cm³/mol. The number of amides is 1. The van der Waals surface area contributed by atoms with Gasteiger partial charge in [-0.25, -0.2) is 8.78 Å². The van der Waals surface area contributed by atoms with E-state index in [1.165, 1.54) is 6.07 Å². The van der Waals surface area contributed by atoms with E-state index in [1.807, 2.05) is 29.2 Å². The van der Waals surface area contributed by atoms with Gasteiger partial charge < -0.3 is 19.7 Å². The normalized spacial score (nSPS) is 16.1. The molecule has 1 fully saturated rings. The quantitative estimate of drug-likeness (QED) is 0.685. The van der Waals surface area contributed by atoms with Gasteiger partial charge in [0.1, 0.15) is 11.6 Å². The zero-order chi connectivity index (χ0) is 19.9. The van der Waals surface area contributed by atoms with Crippen molar-refractivity contribution in [3.63, 3.8) is 0 Å². The highest BCUT2D eigenvalue weighted by Gasteiger charge is 2.29. The largest absolute Gasteiger partial charge is 0.496 e. The van der Waals surface area contributed by atoms with Crippen LogP contribution in [0, 0.1) is 11.6 Å². The Morgan fingerprint density at radius 3 is 2.76 bits per heavy atom. The van der Waals surface area contributed by atoms with E-state index in [0.29, 0.717) is 19.5 Å². The predicted octanol–water partition coefficient (Wildman–Crippen LogP) is 3.73. The molecule has 2 aromatic carbocycles. The van der Waals surface area contributed by atoms with Gasteiger partial charge in [0.2, 0.25) is 5.91 Å². The molecule has 8 heteroatoms. The van der Waals surface area contributed by atoms with Crippen LogP contribution < -0.4 is 14.8 Å². The van der Waals surface area contributed by atoms with E-state index in [4.69, 9.17) is 9.47 Å². The lowest BCUT2D eigenvalue weighted by molar-refractivity contribution is -0.134. The molecule has 1 unspecified atom stereocenters. The first-order valence-corrected chi connectivity index (χ1v) is 9.31. The summed E-state index contributed by atoms with van der Waals surface area (Å²) in [7, 11) is 1.62. The van der Waals surface area contributed by atoms with E-state index in [1.54, 1.807) is 7.11 Å². The van der Waals surface area contributed by atoms with Crippen LogP contribution in [0.3, 0.4) is 0 Å². The Balaban J connectivity index is 0.00000300. The van der Waals surface area contributed by atoms with E-state index in [-0.39, 0.29) is 43.1 Å². The SMILES string of the molecule is COc1ccccc1C1CNCCN1C(=O)CCCOc1ccc(F)cc1F.Cl. The molecule has 5 nitrogen and oxygen atoms in total. The summed E-state index contributed by atoms with van der Waals surface area (Å²) in [4.78, 5) is 14.6. The second kappa shape index (κ2) is 11.0. The van der Waals surface area contributed by atoms with Gasteiger partial charge in [0, 0.05) is 37.7 Å². The van der Waals surface area contributed by atoms with Crippen LogP contribution >= 0.6 is 12.4 Å². The molecule has 1 atom stereocenters. The number of halogens is 3. The number of rotatable bonds is 7. The van der Waals surface area contributed by atoms with Crippen LogP contribution in [0.2, 0.25) is 0 Å². The van der Waals surface area contributed by atoms with Crippen molar-refractivity contribution in [3.8, 4) is 11.5 Å². The Morgan fingerprint density at radius 1 is 1.21 bits per heavy atom. The van der Waals surface area contributed by atoms with Gasteiger partial charge in [-0.3, -0.25) is 4.79 Å². The summed E-state index contributed by atoms with van der Waals surface area (Å²) in [6.45, 7) is 2.17. The first-order valence-electron chi connectivity index (χ1n) is 9.31. The van der Waals surface area contributed by atoms with Crippen molar-refractivity contribution in [3.05, 3.63) is 59.7 Å². The fourth-order valence-corrected chi connectivity index (χ4v) is 3.36. The molecule has 3 rings (SSSR count). The third-order valence-electron chi connectivity index (χ3n) is 4.75. The van der Waals surface area contributed by atoms with E-state index >= 15 is 0 Å². The first-order chi connectivity index (χ1) is 13.6. The molecular formula is C21H25ClF2N2O3. The molecule has 1 aliphatic rings. The van der Waals surface area contributed by atoms with Gasteiger partial charge in [-0.2, -0.15) is 0 Å². The van der Waals surface area contributed by atoms with Crippen LogP contribution in [0.4, 0.5) is 8.78 Å². The van der Waals surface area contributed by atoms with Gasteiger partial charge in [0.15, 0.2) is 11.6 Å². The summed E-state index contributed by atoms with van der Waals surface area (Å²) in [5, 5.41) is 3.32. The average molecular weight is 427 g/mol. The van der Waals surface area contributed by atoms with Gasteiger partial charge in [-0.15, -0.1) is 12.4 Å². The van der Waals surface area contributed by atoms with E-state index in [2.05, 4.69) is 5.32 Å². The Morgan fingerprint density at radius 2 is 2.00 bits per heavy atom. The number of nitrogens with one attached hydrogen (secondary N) is 1. The van der Waals surface area contributed by atoms with Crippen molar-refractivity contribution in [2.45, 2.75) is 18.9 Å². The zero-order valence-electron chi connectivity index (χ0n) is 16.2. The Bertz CT molecular complexity index is 822. The zero-order valence-corrected chi connectivity index (χ0v) is 17.0. The van der Waals surface area contributed by atoms with Crippen LogP contribution in [0.15, 0.2) is 42.5 Å². The monoisotopic (exact) mass is 426 g/mol. The van der Waals surface area contributed by atoms with Gasteiger partial charge in [0.25, 0.3) is 0 Å². The number of carbonyl (C=O) groups excluding carboxylic acids is 1. The van der Waals surface area contributed by atoms with Crippen molar-refractivity contribution >= 4 is 18.3 Å². The minimum Gasteiger partial charge on any atom is -0.496 e. The minimum atomic E-state index is -0.746. The number of piperazine rings is 1. The molecule has 0 aliphatic carbocycles. The lowest BCUT2D eigenvalue weighted by Gasteiger charge is -2.37. The third-order valence-corrected chi connectivity index (χ3v) is 4.75. The fourth-order valence-electron chi connectivity index (χ4n) is 3.36. The van der Waals surface area contributed by atoms with Gasteiger partial charge >= 0.3 is 0 Å². The molecule has 29 heavy (non-hydrogen) atoms. The molecule has 0 radical (unpaired) electrons. The number of benzene rings is 2. The average Bonchev–Trinajstić information content (AvgIpc) is 2.72. The van der Waals surface area contributed by atoms with E-state index < -0.39 is 11.6 Å². The number of hydrogen-bond acceptors (Lipinski definition) is 4. The third kappa shape index (κ3) is 5.81. The number of methoxy groups -OCH3 is 1. The first kappa shape index (κ1) is 22.9. The van der Waals surface area contributed by atoms with E-state index in [0.717, 1.165) is 30.0 Å². The van der Waals surface area contributed by atoms with Gasteiger partial charge in [-0.1, -0.05) is 18.2 Å². The summed E-state index contributed by atoms with van der Waals surface area (Å²) in [6.07, 6.45) is 0.729. The van der Waals surface area contributed by atoms with Crippen LogP contribution in [0.1, 0.15) is 24.4 Å². The highest BCUT2D eigenvalue weighted by atomic mass is 35.5. The summed E-state index contributed by atoms with van der Waals surface area (Å²) in [5.74, 6) is -0.640. The smallest absolute Gasteiger partial charge is 0.223 e. The maximum absolute atomic E-state index is 13.6. The second-order valence-corrected chi connectivity index (χ2v) is 6.58. The number of para-hydroxylation sites is 1. The van der Waals surface area contributed by atoms with E-state index in [9.17, 15) is 13.6 Å². The Kier molecular flexibility index (Phi) is 8.67. The van der Waals surface area contributed by atoms with Crippen LogP contribution in [-0.4, -0.2) is 44.2 Å². The minimum absolute atomic E-state index is 0. The standard InChI is InChI=1S/C21H24F2N2O3.ClH/c1-27-19-6-3-2-5-16(19)18-14-24-10-11-25(18)21(26)7-4-12-28-20-9-8-15(22)13-17(20)23;/h2-3,5-6,8-9,13,18,24H,4,7,10-12,14H2,1H3;1H. The van der Waals surface area contributed by atoms with Crippen molar-refractivity contribution in [1.29, 1.82) is 0 Å². The number of carbonyl (C=O) groups is 1. The molecule has 0 spiro atoms. The van der Waals surface area contributed by atoms with Crippen LogP contribution in [0.5, 0.6) is 11.5 Å². The van der Waals surface area contributed by atoms with Gasteiger partial charge in [-0.05, 0) is 24.6 Å². The highest BCUT2D eigenvalue weighted by Crippen LogP contribution is 2.30. The van der Waals surface area contributed by atoms with Crippen molar-refractivity contribution < 1.29 is 23.0 Å². The van der Waals surface area contributed by atoms with Gasteiger partial charge in [0.05, 0.1) is 19.8 Å². The second-order valence-electron chi connectivity index (χ2n) is 6.58. The molecule has 158 valence electrons. The molecule has 1 N–H and O–H groups in total. The topological polar surface area (TPSA) is 50.8 Å². The molecule has 1 amide bonds. The Labute approximate surface area is 175 Å². The molecule has 0 saturated carbocycles. The molecule has 1 aliphatic heterocycles. The molecule has 2 aromatic rings. The maximum atomic E-state index is 13.6.